The Bertz CT molecular complexity index is 970. The monoisotopic (exact) mass is 381 g/mol. The van der Waals surface area contributed by atoms with E-state index < -0.39 is 5.91 Å². The number of rotatable bonds is 6. The van der Waals surface area contributed by atoms with Gasteiger partial charge in [0.15, 0.2) is 0 Å². The molecule has 0 atom stereocenters. The molecule has 0 saturated carbocycles. The molecule has 1 aliphatic heterocycles. The highest BCUT2D eigenvalue weighted by Gasteiger charge is 2.32. The summed E-state index contributed by atoms with van der Waals surface area (Å²) in [6, 6.07) is 11.3. The van der Waals surface area contributed by atoms with E-state index in [0.29, 0.717) is 22.6 Å². The van der Waals surface area contributed by atoms with Crippen LogP contribution in [0.3, 0.4) is 0 Å². The third-order valence-electron chi connectivity index (χ3n) is 4.36. The van der Waals surface area contributed by atoms with Crippen molar-refractivity contribution in [3.63, 3.8) is 0 Å². The Morgan fingerprint density at radius 3 is 2.50 bits per heavy atom. The number of imide groups is 1. The lowest BCUT2D eigenvalue weighted by Gasteiger charge is -2.09. The number of amides is 4. The van der Waals surface area contributed by atoms with Crippen molar-refractivity contribution in [2.45, 2.75) is 6.42 Å². The Morgan fingerprint density at radius 1 is 1.04 bits per heavy atom. The third kappa shape index (κ3) is 3.71. The molecule has 1 heterocycles. The molecule has 2 aromatic rings. The molecule has 8 heteroatoms. The number of benzene rings is 2. The Balaban J connectivity index is 1.55. The molecular formula is C20H19N3O5. The number of hydrogen-bond acceptors (Lipinski definition) is 5. The molecule has 0 aliphatic carbocycles. The van der Waals surface area contributed by atoms with E-state index in [0.717, 1.165) is 4.90 Å². The Kier molecular flexibility index (Phi) is 5.39. The van der Waals surface area contributed by atoms with Crippen LogP contribution in [0.4, 0.5) is 5.69 Å². The fraction of sp³-hybridized carbons (Fsp3) is 0.200. The van der Waals surface area contributed by atoms with E-state index in [9.17, 15) is 19.2 Å². The summed E-state index contributed by atoms with van der Waals surface area (Å²) < 4.78 is 5.14. The molecule has 0 fully saturated rings. The number of fused-ring (bicyclic) bond motifs is 1. The molecule has 8 nitrogen and oxygen atoms in total. The largest absolute Gasteiger partial charge is 0.496 e. The average Bonchev–Trinajstić information content (AvgIpc) is 2.91. The summed E-state index contributed by atoms with van der Waals surface area (Å²) in [6.45, 7) is 0.133. The van der Waals surface area contributed by atoms with E-state index >= 15 is 0 Å². The molecular weight excluding hydrogens is 362 g/mol. The molecule has 1 aliphatic rings. The van der Waals surface area contributed by atoms with Gasteiger partial charge in [-0.25, -0.2) is 0 Å². The molecule has 28 heavy (non-hydrogen) atoms. The van der Waals surface area contributed by atoms with Crippen LogP contribution in [0.1, 0.15) is 37.5 Å². The molecule has 0 spiro atoms. The van der Waals surface area contributed by atoms with E-state index in [2.05, 4.69) is 10.6 Å². The van der Waals surface area contributed by atoms with Gasteiger partial charge in [-0.2, -0.15) is 0 Å². The fourth-order valence-corrected chi connectivity index (χ4v) is 2.88. The number of nitrogens with one attached hydrogen (secondary N) is 2. The van der Waals surface area contributed by atoms with Gasteiger partial charge in [-0.15, -0.1) is 0 Å². The molecule has 0 aromatic heterocycles. The summed E-state index contributed by atoms with van der Waals surface area (Å²) in [5.74, 6) is -0.982. The van der Waals surface area contributed by atoms with Crippen molar-refractivity contribution < 1.29 is 23.9 Å². The number of carbonyl (C=O) groups excluding carboxylic acids is 4. The van der Waals surface area contributed by atoms with E-state index in [-0.39, 0.29) is 36.3 Å². The van der Waals surface area contributed by atoms with Crippen LogP contribution in [0.15, 0.2) is 42.5 Å². The first kappa shape index (κ1) is 19.1. The van der Waals surface area contributed by atoms with E-state index in [1.165, 1.54) is 26.3 Å². The zero-order valence-electron chi connectivity index (χ0n) is 15.4. The average molecular weight is 381 g/mol. The van der Waals surface area contributed by atoms with Gasteiger partial charge in [0.2, 0.25) is 5.91 Å². The number of hydrogen-bond donors (Lipinski definition) is 2. The van der Waals surface area contributed by atoms with Crippen LogP contribution in [0, 0.1) is 0 Å². The van der Waals surface area contributed by atoms with Crippen molar-refractivity contribution >= 4 is 29.3 Å². The number of ether oxygens (including phenoxy) is 1. The Hall–Kier alpha value is -3.68. The zero-order valence-corrected chi connectivity index (χ0v) is 15.4. The number of methoxy groups -OCH3 is 1. The van der Waals surface area contributed by atoms with Gasteiger partial charge in [-0.3, -0.25) is 24.1 Å². The normalized spacial score (nSPS) is 12.6. The van der Waals surface area contributed by atoms with Crippen LogP contribution in [-0.2, 0) is 4.79 Å². The van der Waals surface area contributed by atoms with Crippen LogP contribution in [0.2, 0.25) is 0 Å². The van der Waals surface area contributed by atoms with Gasteiger partial charge in [0.1, 0.15) is 5.75 Å². The van der Waals surface area contributed by atoms with Gasteiger partial charge in [0, 0.05) is 25.7 Å². The van der Waals surface area contributed by atoms with Gasteiger partial charge in [-0.05, 0) is 30.3 Å². The van der Waals surface area contributed by atoms with Crippen molar-refractivity contribution in [3.8, 4) is 5.75 Å². The second kappa shape index (κ2) is 7.91. The molecule has 0 radical (unpaired) electrons. The summed E-state index contributed by atoms with van der Waals surface area (Å²) in [6.07, 6.45) is 0.0464. The highest BCUT2D eigenvalue weighted by molar-refractivity contribution is 6.21. The van der Waals surface area contributed by atoms with Crippen LogP contribution in [-0.4, -0.2) is 49.2 Å². The molecule has 144 valence electrons. The van der Waals surface area contributed by atoms with Crippen LogP contribution >= 0.6 is 0 Å². The third-order valence-corrected chi connectivity index (χ3v) is 4.36. The highest BCUT2D eigenvalue weighted by atomic mass is 16.5. The van der Waals surface area contributed by atoms with Crippen molar-refractivity contribution in [3.05, 3.63) is 59.2 Å². The van der Waals surface area contributed by atoms with Crippen LogP contribution < -0.4 is 15.4 Å². The van der Waals surface area contributed by atoms with Crippen molar-refractivity contribution in [1.29, 1.82) is 0 Å². The lowest BCUT2D eigenvalue weighted by atomic mass is 10.1. The molecule has 3 rings (SSSR count). The SMILES string of the molecule is COc1ccccc1C(=O)NCCC(=O)Nc1ccc2c(c1)C(=O)N(C)C2=O. The number of anilines is 1. The Labute approximate surface area is 161 Å². The Morgan fingerprint density at radius 2 is 1.75 bits per heavy atom. The first-order valence-corrected chi connectivity index (χ1v) is 8.60. The van der Waals surface area contributed by atoms with E-state index in [1.54, 1.807) is 30.3 Å². The quantitative estimate of drug-likeness (QED) is 0.741. The van der Waals surface area contributed by atoms with Gasteiger partial charge in [0.05, 0.1) is 23.8 Å². The van der Waals surface area contributed by atoms with Crippen molar-refractivity contribution in [2.75, 3.05) is 26.0 Å². The smallest absolute Gasteiger partial charge is 0.261 e. The summed E-state index contributed by atoms with van der Waals surface area (Å²) in [5.41, 5.74) is 1.37. The first-order chi connectivity index (χ1) is 13.4. The molecule has 0 bridgehead atoms. The predicted molar refractivity (Wildman–Crippen MR) is 101 cm³/mol. The summed E-state index contributed by atoms with van der Waals surface area (Å²) in [5, 5.41) is 5.33. The standard InChI is InChI=1S/C20H19N3O5/c1-23-19(26)13-8-7-12(11-15(13)20(23)27)22-17(24)9-10-21-18(25)14-5-3-4-6-16(14)28-2/h3-8,11H,9-10H2,1-2H3,(H,21,25)(H,22,24). The van der Waals surface area contributed by atoms with E-state index in [1.807, 2.05) is 0 Å². The lowest BCUT2D eigenvalue weighted by molar-refractivity contribution is -0.116. The van der Waals surface area contributed by atoms with Gasteiger partial charge in [0.25, 0.3) is 17.7 Å². The summed E-state index contributed by atoms with van der Waals surface area (Å²) in [7, 11) is 2.89. The van der Waals surface area contributed by atoms with Crippen LogP contribution in [0.5, 0.6) is 5.75 Å². The molecule has 2 aromatic carbocycles. The molecule has 0 unspecified atom stereocenters. The molecule has 4 amide bonds. The molecule has 0 saturated heterocycles. The zero-order chi connectivity index (χ0) is 20.3. The second-order valence-corrected chi connectivity index (χ2v) is 6.18. The second-order valence-electron chi connectivity index (χ2n) is 6.18. The lowest BCUT2D eigenvalue weighted by Crippen LogP contribution is -2.28. The van der Waals surface area contributed by atoms with Gasteiger partial charge >= 0.3 is 0 Å². The van der Waals surface area contributed by atoms with E-state index in [4.69, 9.17) is 4.74 Å². The topological polar surface area (TPSA) is 105 Å². The van der Waals surface area contributed by atoms with Gasteiger partial charge < -0.3 is 15.4 Å². The van der Waals surface area contributed by atoms with Crippen molar-refractivity contribution in [1.82, 2.24) is 10.2 Å². The van der Waals surface area contributed by atoms with Gasteiger partial charge in [-0.1, -0.05) is 12.1 Å². The summed E-state index contributed by atoms with van der Waals surface area (Å²) in [4.78, 5) is 49.2. The molecule has 2 N–H and O–H groups in total. The maximum Gasteiger partial charge on any atom is 0.261 e. The number of para-hydroxylation sites is 1. The number of nitrogens with zero attached hydrogens (tertiary/aromatic N) is 1. The minimum atomic E-state index is -0.403. The van der Waals surface area contributed by atoms with Crippen molar-refractivity contribution in [2.24, 2.45) is 0 Å². The highest BCUT2D eigenvalue weighted by Crippen LogP contribution is 2.24. The fourth-order valence-electron chi connectivity index (χ4n) is 2.88. The maximum absolute atomic E-state index is 12.2. The first-order valence-electron chi connectivity index (χ1n) is 8.60. The predicted octanol–water partition coefficient (Wildman–Crippen LogP) is 1.68. The summed E-state index contributed by atoms with van der Waals surface area (Å²) >= 11 is 0. The van der Waals surface area contributed by atoms with Crippen LogP contribution in [0.25, 0.3) is 0 Å². The minimum Gasteiger partial charge on any atom is -0.496 e. The maximum atomic E-state index is 12.2. The minimum absolute atomic E-state index is 0.0464. The number of carbonyl (C=O) groups is 4.